The summed E-state index contributed by atoms with van der Waals surface area (Å²) >= 11 is 0. The molecule has 1 aliphatic carbocycles. The van der Waals surface area contributed by atoms with Gasteiger partial charge in [-0.15, -0.1) is 0 Å². The molecule has 0 aromatic heterocycles. The minimum absolute atomic E-state index is 0.230. The van der Waals surface area contributed by atoms with Crippen molar-refractivity contribution in [1.82, 2.24) is 10.2 Å². The van der Waals surface area contributed by atoms with Crippen LogP contribution in [0.1, 0.15) is 53.4 Å². The zero-order valence-corrected chi connectivity index (χ0v) is 11.6. The summed E-state index contributed by atoms with van der Waals surface area (Å²) in [5, 5.41) is 3.55. The van der Waals surface area contributed by atoms with Gasteiger partial charge in [-0.25, -0.2) is 0 Å². The van der Waals surface area contributed by atoms with E-state index in [4.69, 9.17) is 0 Å². The maximum atomic E-state index is 12.5. The van der Waals surface area contributed by atoms with E-state index in [0.717, 1.165) is 18.9 Å². The number of rotatable bonds is 4. The molecule has 1 saturated heterocycles. The molecule has 1 saturated carbocycles. The molecule has 3 nitrogen and oxygen atoms in total. The summed E-state index contributed by atoms with van der Waals surface area (Å²) in [4.78, 5) is 14.6. The predicted octanol–water partition coefficient (Wildman–Crippen LogP) is 2.37. The summed E-state index contributed by atoms with van der Waals surface area (Å²) in [5.74, 6) is 1.54. The lowest BCUT2D eigenvalue weighted by molar-refractivity contribution is -0.134. The van der Waals surface area contributed by atoms with Gasteiger partial charge in [-0.05, 0) is 38.0 Å². The van der Waals surface area contributed by atoms with Crippen molar-refractivity contribution < 1.29 is 4.79 Å². The summed E-state index contributed by atoms with van der Waals surface area (Å²) in [6.07, 6.45) is 5.05. The summed E-state index contributed by atoms with van der Waals surface area (Å²) in [7, 11) is 0. The normalized spacial score (nSPS) is 34.5. The Bertz CT molecular complexity index is 299. The Morgan fingerprint density at radius 3 is 2.53 bits per heavy atom. The van der Waals surface area contributed by atoms with Gasteiger partial charge in [-0.2, -0.15) is 0 Å². The Morgan fingerprint density at radius 2 is 2.12 bits per heavy atom. The molecule has 0 spiro atoms. The number of hydrogen-bond acceptors (Lipinski definition) is 2. The van der Waals surface area contributed by atoms with Crippen molar-refractivity contribution in [1.29, 1.82) is 0 Å². The first kappa shape index (κ1) is 12.9. The fraction of sp³-hybridized carbons (Fsp3) is 0.929. The lowest BCUT2D eigenvalue weighted by atomic mass is 9.84. The molecule has 0 aromatic rings. The van der Waals surface area contributed by atoms with Gasteiger partial charge in [0.1, 0.15) is 0 Å². The predicted molar refractivity (Wildman–Crippen MR) is 69.5 cm³/mol. The molecule has 2 unspecified atom stereocenters. The second-order valence-electron chi connectivity index (χ2n) is 6.27. The summed E-state index contributed by atoms with van der Waals surface area (Å²) in [6.45, 7) is 9.49. The van der Waals surface area contributed by atoms with E-state index in [-0.39, 0.29) is 11.7 Å². The van der Waals surface area contributed by atoms with Crippen LogP contribution < -0.4 is 5.32 Å². The van der Waals surface area contributed by atoms with Crippen molar-refractivity contribution in [2.45, 2.75) is 65.1 Å². The molecule has 2 fully saturated rings. The summed E-state index contributed by atoms with van der Waals surface area (Å²) < 4.78 is 0. The Labute approximate surface area is 105 Å². The van der Waals surface area contributed by atoms with Gasteiger partial charge in [-0.3, -0.25) is 10.1 Å². The highest BCUT2D eigenvalue weighted by atomic mass is 16.2. The first-order valence-corrected chi connectivity index (χ1v) is 7.06. The van der Waals surface area contributed by atoms with E-state index in [1.165, 1.54) is 19.3 Å². The zero-order chi connectivity index (χ0) is 12.6. The van der Waals surface area contributed by atoms with Crippen LogP contribution in [0.2, 0.25) is 0 Å². The standard InChI is InChI=1S/C14H26N2O/c1-5-14(4)13(17)16(9-11-7-6-8-11)12(15-14)10(2)3/h10-12,15H,5-9H2,1-4H3. The highest BCUT2D eigenvalue weighted by molar-refractivity contribution is 5.88. The van der Waals surface area contributed by atoms with Gasteiger partial charge >= 0.3 is 0 Å². The van der Waals surface area contributed by atoms with Crippen molar-refractivity contribution in [2.24, 2.45) is 11.8 Å². The van der Waals surface area contributed by atoms with E-state index in [1.807, 2.05) is 6.92 Å². The van der Waals surface area contributed by atoms with Crippen LogP contribution in [0.3, 0.4) is 0 Å². The van der Waals surface area contributed by atoms with Crippen molar-refractivity contribution in [3.8, 4) is 0 Å². The van der Waals surface area contributed by atoms with Gasteiger partial charge in [0.15, 0.2) is 0 Å². The van der Waals surface area contributed by atoms with Crippen LogP contribution in [-0.4, -0.2) is 29.1 Å². The first-order chi connectivity index (χ1) is 7.98. The molecule has 98 valence electrons. The topological polar surface area (TPSA) is 32.3 Å². The average Bonchev–Trinajstić information content (AvgIpc) is 2.48. The molecule has 1 amide bonds. The van der Waals surface area contributed by atoms with E-state index in [1.54, 1.807) is 0 Å². The number of nitrogens with one attached hydrogen (secondary N) is 1. The average molecular weight is 238 g/mol. The minimum Gasteiger partial charge on any atom is -0.325 e. The SMILES string of the molecule is CCC1(C)NC(C(C)C)N(CC2CCC2)C1=O. The Morgan fingerprint density at radius 1 is 1.47 bits per heavy atom. The van der Waals surface area contributed by atoms with Gasteiger partial charge in [0.05, 0.1) is 11.7 Å². The second kappa shape index (κ2) is 4.60. The third-order valence-electron chi connectivity index (χ3n) is 4.55. The lowest BCUT2D eigenvalue weighted by Gasteiger charge is -2.34. The first-order valence-electron chi connectivity index (χ1n) is 7.06. The van der Waals surface area contributed by atoms with Crippen LogP contribution in [0.4, 0.5) is 0 Å². The number of amides is 1. The number of hydrogen-bond donors (Lipinski definition) is 1. The Balaban J connectivity index is 2.11. The highest BCUT2D eigenvalue weighted by Crippen LogP contribution is 2.33. The maximum absolute atomic E-state index is 12.5. The molecule has 2 atom stereocenters. The molecular weight excluding hydrogens is 212 g/mol. The number of carbonyl (C=O) groups excluding carboxylic acids is 1. The molecule has 2 rings (SSSR count). The molecule has 0 bridgehead atoms. The molecule has 3 heteroatoms. The van der Waals surface area contributed by atoms with Crippen LogP contribution >= 0.6 is 0 Å². The van der Waals surface area contributed by atoms with Crippen LogP contribution in [-0.2, 0) is 4.79 Å². The highest BCUT2D eigenvalue weighted by Gasteiger charge is 2.48. The lowest BCUT2D eigenvalue weighted by Crippen LogP contribution is -2.45. The molecule has 0 radical (unpaired) electrons. The van der Waals surface area contributed by atoms with Crippen LogP contribution in [0.15, 0.2) is 0 Å². The zero-order valence-electron chi connectivity index (χ0n) is 11.6. The molecule has 0 aromatic carbocycles. The monoisotopic (exact) mass is 238 g/mol. The summed E-state index contributed by atoms with van der Waals surface area (Å²) in [5.41, 5.74) is -0.335. The molecule has 1 heterocycles. The van der Waals surface area contributed by atoms with Crippen LogP contribution in [0.25, 0.3) is 0 Å². The fourth-order valence-corrected chi connectivity index (χ4v) is 2.84. The second-order valence-corrected chi connectivity index (χ2v) is 6.27. The van der Waals surface area contributed by atoms with Crippen molar-refractivity contribution in [2.75, 3.05) is 6.54 Å². The van der Waals surface area contributed by atoms with E-state index >= 15 is 0 Å². The van der Waals surface area contributed by atoms with Crippen LogP contribution in [0.5, 0.6) is 0 Å². The van der Waals surface area contributed by atoms with Crippen molar-refractivity contribution in [3.05, 3.63) is 0 Å². The van der Waals surface area contributed by atoms with Gasteiger partial charge in [0.25, 0.3) is 0 Å². The smallest absolute Gasteiger partial charge is 0.243 e. The van der Waals surface area contributed by atoms with E-state index in [9.17, 15) is 4.79 Å². The fourth-order valence-electron chi connectivity index (χ4n) is 2.84. The van der Waals surface area contributed by atoms with E-state index in [2.05, 4.69) is 31.0 Å². The van der Waals surface area contributed by atoms with Gasteiger partial charge in [0, 0.05) is 6.54 Å². The number of carbonyl (C=O) groups is 1. The molecule has 1 N–H and O–H groups in total. The molecule has 2 aliphatic rings. The van der Waals surface area contributed by atoms with Crippen molar-refractivity contribution in [3.63, 3.8) is 0 Å². The molecule has 17 heavy (non-hydrogen) atoms. The Kier molecular flexibility index (Phi) is 3.48. The van der Waals surface area contributed by atoms with E-state index < -0.39 is 0 Å². The van der Waals surface area contributed by atoms with Crippen LogP contribution in [0, 0.1) is 11.8 Å². The van der Waals surface area contributed by atoms with E-state index in [0.29, 0.717) is 11.8 Å². The van der Waals surface area contributed by atoms with Gasteiger partial charge in [0.2, 0.25) is 5.91 Å². The molecular formula is C14H26N2O. The Hall–Kier alpha value is -0.570. The van der Waals surface area contributed by atoms with Gasteiger partial charge in [-0.1, -0.05) is 27.2 Å². The third kappa shape index (κ3) is 2.22. The quantitative estimate of drug-likeness (QED) is 0.815. The largest absolute Gasteiger partial charge is 0.325 e. The third-order valence-corrected chi connectivity index (χ3v) is 4.55. The number of nitrogens with zero attached hydrogens (tertiary/aromatic N) is 1. The maximum Gasteiger partial charge on any atom is 0.243 e. The summed E-state index contributed by atoms with van der Waals surface area (Å²) in [6, 6.07) is 0. The molecule has 1 aliphatic heterocycles. The van der Waals surface area contributed by atoms with Crippen molar-refractivity contribution >= 4 is 5.91 Å². The van der Waals surface area contributed by atoms with Gasteiger partial charge < -0.3 is 4.90 Å². The minimum atomic E-state index is -0.335.